The van der Waals surface area contributed by atoms with Crippen molar-refractivity contribution in [1.82, 2.24) is 4.90 Å². The van der Waals surface area contributed by atoms with Gasteiger partial charge >= 0.3 is 5.97 Å². The minimum atomic E-state index is -0.390. The van der Waals surface area contributed by atoms with E-state index in [0.717, 1.165) is 19.3 Å². The number of esters is 1. The van der Waals surface area contributed by atoms with Crippen molar-refractivity contribution in [2.75, 3.05) is 26.0 Å². The zero-order chi connectivity index (χ0) is 18.5. The maximum absolute atomic E-state index is 12.4. The van der Waals surface area contributed by atoms with Gasteiger partial charge in [0.05, 0.1) is 19.2 Å². The number of ether oxygens (including phenoxy) is 1. The van der Waals surface area contributed by atoms with Crippen LogP contribution >= 0.6 is 0 Å². The largest absolute Gasteiger partial charge is 0.465 e. The number of benzene rings is 2. The van der Waals surface area contributed by atoms with E-state index < -0.39 is 5.97 Å². The lowest BCUT2D eigenvalue weighted by atomic mass is 9.87. The fourth-order valence-electron chi connectivity index (χ4n) is 3.53. The van der Waals surface area contributed by atoms with Gasteiger partial charge in [-0.1, -0.05) is 24.3 Å². The molecule has 0 aromatic heterocycles. The van der Waals surface area contributed by atoms with Gasteiger partial charge in [-0.2, -0.15) is 0 Å². The van der Waals surface area contributed by atoms with Crippen LogP contribution in [0.25, 0.3) is 0 Å². The quantitative estimate of drug-likeness (QED) is 0.838. The monoisotopic (exact) mass is 352 g/mol. The molecule has 5 heteroatoms. The number of carbonyl (C=O) groups excluding carboxylic acids is 2. The normalized spacial score (nSPS) is 16.0. The van der Waals surface area contributed by atoms with Gasteiger partial charge in [-0.05, 0) is 61.7 Å². The van der Waals surface area contributed by atoms with E-state index in [4.69, 9.17) is 0 Å². The highest BCUT2D eigenvalue weighted by molar-refractivity contribution is 5.94. The smallest absolute Gasteiger partial charge is 0.337 e. The molecule has 1 N–H and O–H groups in total. The van der Waals surface area contributed by atoms with Gasteiger partial charge in [0, 0.05) is 11.7 Å². The number of likely N-dealkylation sites (N-methyl/N-ethyl adjacent to an activating group) is 1. The van der Waals surface area contributed by atoms with Crippen molar-refractivity contribution in [2.45, 2.75) is 25.3 Å². The molecule has 0 fully saturated rings. The van der Waals surface area contributed by atoms with E-state index in [9.17, 15) is 9.59 Å². The van der Waals surface area contributed by atoms with Crippen LogP contribution in [0.3, 0.4) is 0 Å². The first kappa shape index (κ1) is 18.1. The Bertz CT molecular complexity index is 786. The number of hydrogen-bond acceptors (Lipinski definition) is 4. The third-order valence-electron chi connectivity index (χ3n) is 4.85. The molecule has 0 heterocycles. The van der Waals surface area contributed by atoms with E-state index >= 15 is 0 Å². The summed E-state index contributed by atoms with van der Waals surface area (Å²) >= 11 is 0. The van der Waals surface area contributed by atoms with Crippen LogP contribution in [-0.4, -0.2) is 37.5 Å². The molecule has 0 saturated carbocycles. The Morgan fingerprint density at radius 2 is 1.88 bits per heavy atom. The number of nitrogens with one attached hydrogen (secondary N) is 1. The Morgan fingerprint density at radius 1 is 1.15 bits per heavy atom. The number of hydrogen-bond donors (Lipinski definition) is 1. The van der Waals surface area contributed by atoms with Crippen molar-refractivity contribution in [3.8, 4) is 0 Å². The number of amides is 1. The number of anilines is 1. The average molecular weight is 352 g/mol. The van der Waals surface area contributed by atoms with Crippen LogP contribution in [0.2, 0.25) is 0 Å². The summed E-state index contributed by atoms with van der Waals surface area (Å²) in [5, 5.41) is 2.89. The first-order chi connectivity index (χ1) is 12.6. The standard InChI is InChI=1S/C21H24N2O3/c1-23(19-9-5-7-15-6-3-4-8-18(15)19)14-20(24)22-17-12-10-16(11-13-17)21(25)26-2/h3-4,6,8,10-13,19H,5,7,9,14H2,1-2H3,(H,22,24). The third-order valence-corrected chi connectivity index (χ3v) is 4.85. The molecule has 0 bridgehead atoms. The fraction of sp³-hybridized carbons (Fsp3) is 0.333. The Kier molecular flexibility index (Phi) is 5.68. The van der Waals surface area contributed by atoms with Gasteiger partial charge in [0.15, 0.2) is 0 Å². The maximum atomic E-state index is 12.4. The van der Waals surface area contributed by atoms with Crippen molar-refractivity contribution >= 4 is 17.6 Å². The first-order valence-electron chi connectivity index (χ1n) is 8.85. The highest BCUT2D eigenvalue weighted by atomic mass is 16.5. The summed E-state index contributed by atoms with van der Waals surface area (Å²) in [6, 6.07) is 15.5. The zero-order valence-corrected chi connectivity index (χ0v) is 15.2. The van der Waals surface area contributed by atoms with Crippen molar-refractivity contribution < 1.29 is 14.3 Å². The van der Waals surface area contributed by atoms with Gasteiger partial charge in [0.1, 0.15) is 0 Å². The molecule has 136 valence electrons. The molecular weight excluding hydrogens is 328 g/mol. The minimum Gasteiger partial charge on any atom is -0.465 e. The molecule has 1 aliphatic carbocycles. The van der Waals surface area contributed by atoms with E-state index in [2.05, 4.69) is 39.2 Å². The Morgan fingerprint density at radius 3 is 2.62 bits per heavy atom. The average Bonchev–Trinajstić information content (AvgIpc) is 2.67. The van der Waals surface area contributed by atoms with Gasteiger partial charge < -0.3 is 10.1 Å². The van der Waals surface area contributed by atoms with Crippen LogP contribution in [0.15, 0.2) is 48.5 Å². The van der Waals surface area contributed by atoms with Crippen LogP contribution in [0, 0.1) is 0 Å². The second kappa shape index (κ2) is 8.15. The van der Waals surface area contributed by atoms with Crippen LogP contribution in [0.1, 0.15) is 40.4 Å². The number of aryl methyl sites for hydroxylation is 1. The Labute approximate surface area is 154 Å². The molecule has 1 amide bonds. The Balaban J connectivity index is 1.61. The van der Waals surface area contributed by atoms with Gasteiger partial charge in [0.2, 0.25) is 5.91 Å². The van der Waals surface area contributed by atoms with Crippen molar-refractivity contribution in [3.63, 3.8) is 0 Å². The third kappa shape index (κ3) is 4.11. The number of methoxy groups -OCH3 is 1. The van der Waals surface area contributed by atoms with E-state index in [1.165, 1.54) is 18.2 Å². The number of rotatable bonds is 5. The highest BCUT2D eigenvalue weighted by Crippen LogP contribution is 2.33. The molecule has 1 aliphatic rings. The molecule has 1 unspecified atom stereocenters. The molecule has 26 heavy (non-hydrogen) atoms. The predicted molar refractivity (Wildman–Crippen MR) is 101 cm³/mol. The number of carbonyl (C=O) groups is 2. The van der Waals surface area contributed by atoms with Crippen LogP contribution < -0.4 is 5.32 Å². The summed E-state index contributed by atoms with van der Waals surface area (Å²) in [6.07, 6.45) is 3.32. The number of fused-ring (bicyclic) bond motifs is 1. The summed E-state index contributed by atoms with van der Waals surface area (Å²) in [5.41, 5.74) is 3.84. The molecule has 0 aliphatic heterocycles. The second-order valence-electron chi connectivity index (χ2n) is 6.64. The Hall–Kier alpha value is -2.66. The van der Waals surface area contributed by atoms with E-state index in [1.54, 1.807) is 24.3 Å². The molecule has 3 rings (SSSR count). The molecule has 2 aromatic carbocycles. The zero-order valence-electron chi connectivity index (χ0n) is 15.2. The van der Waals surface area contributed by atoms with E-state index in [-0.39, 0.29) is 11.9 Å². The maximum Gasteiger partial charge on any atom is 0.337 e. The molecular formula is C21H24N2O3. The summed E-state index contributed by atoms with van der Waals surface area (Å²) in [5.74, 6) is -0.458. The summed E-state index contributed by atoms with van der Waals surface area (Å²) in [4.78, 5) is 26.0. The topological polar surface area (TPSA) is 58.6 Å². The molecule has 2 aromatic rings. The molecule has 0 radical (unpaired) electrons. The SMILES string of the molecule is COC(=O)c1ccc(NC(=O)CN(C)C2CCCc3ccccc32)cc1. The summed E-state index contributed by atoms with van der Waals surface area (Å²) in [6.45, 7) is 0.317. The van der Waals surface area contributed by atoms with Crippen LogP contribution in [0.4, 0.5) is 5.69 Å². The lowest BCUT2D eigenvalue weighted by Crippen LogP contribution is -2.34. The molecule has 0 spiro atoms. The van der Waals surface area contributed by atoms with E-state index in [1.807, 2.05) is 7.05 Å². The van der Waals surface area contributed by atoms with E-state index in [0.29, 0.717) is 17.8 Å². The first-order valence-corrected chi connectivity index (χ1v) is 8.85. The van der Waals surface area contributed by atoms with Crippen LogP contribution in [-0.2, 0) is 16.0 Å². The van der Waals surface area contributed by atoms with Crippen LogP contribution in [0.5, 0.6) is 0 Å². The minimum absolute atomic E-state index is 0.0682. The van der Waals surface area contributed by atoms with Gasteiger partial charge in [-0.25, -0.2) is 4.79 Å². The van der Waals surface area contributed by atoms with Crippen molar-refractivity contribution in [2.24, 2.45) is 0 Å². The van der Waals surface area contributed by atoms with Crippen molar-refractivity contribution in [3.05, 3.63) is 65.2 Å². The lowest BCUT2D eigenvalue weighted by Gasteiger charge is -2.32. The van der Waals surface area contributed by atoms with Gasteiger partial charge in [0.25, 0.3) is 0 Å². The molecule has 5 nitrogen and oxygen atoms in total. The fourth-order valence-corrected chi connectivity index (χ4v) is 3.53. The molecule has 1 atom stereocenters. The predicted octanol–water partition coefficient (Wildman–Crippen LogP) is 3.42. The lowest BCUT2D eigenvalue weighted by molar-refractivity contribution is -0.117. The van der Waals surface area contributed by atoms with Crippen molar-refractivity contribution in [1.29, 1.82) is 0 Å². The van der Waals surface area contributed by atoms with Gasteiger partial charge in [-0.3, -0.25) is 9.69 Å². The summed E-state index contributed by atoms with van der Waals surface area (Å²) < 4.78 is 4.67. The van der Waals surface area contributed by atoms with Gasteiger partial charge in [-0.15, -0.1) is 0 Å². The highest BCUT2D eigenvalue weighted by Gasteiger charge is 2.24. The second-order valence-corrected chi connectivity index (χ2v) is 6.64. The molecule has 0 saturated heterocycles. The number of nitrogens with zero attached hydrogens (tertiary/aromatic N) is 1. The summed E-state index contributed by atoms with van der Waals surface area (Å²) in [7, 11) is 3.34.